The van der Waals surface area contributed by atoms with Crippen LogP contribution in [0.3, 0.4) is 0 Å². The highest BCUT2D eigenvalue weighted by atomic mass is 79.9. The van der Waals surface area contributed by atoms with E-state index in [0.717, 1.165) is 12.8 Å². The lowest BCUT2D eigenvalue weighted by atomic mass is 10.1. The number of carbonyl (C=O) groups is 1. The van der Waals surface area contributed by atoms with Crippen molar-refractivity contribution in [2.75, 3.05) is 19.7 Å². The maximum Gasteiger partial charge on any atom is 0.253 e. The van der Waals surface area contributed by atoms with Crippen LogP contribution in [0.2, 0.25) is 0 Å². The fourth-order valence-electron chi connectivity index (χ4n) is 2.27. The minimum Gasteiger partial charge on any atom is -0.378 e. The van der Waals surface area contributed by atoms with Crippen LogP contribution in [-0.2, 0) is 4.74 Å². The van der Waals surface area contributed by atoms with Gasteiger partial charge in [-0.15, -0.1) is 0 Å². The van der Waals surface area contributed by atoms with Gasteiger partial charge in [-0.25, -0.2) is 4.39 Å². The Kier molecular flexibility index (Phi) is 4.93. The zero-order chi connectivity index (χ0) is 13.8. The zero-order valence-electron chi connectivity index (χ0n) is 10.9. The molecule has 3 nitrogen and oxygen atoms in total. The van der Waals surface area contributed by atoms with Gasteiger partial charge in [0.15, 0.2) is 0 Å². The molecule has 1 saturated heterocycles. The van der Waals surface area contributed by atoms with E-state index in [1.807, 2.05) is 6.92 Å². The molecule has 1 aliphatic heterocycles. The Hall–Kier alpha value is -0.940. The summed E-state index contributed by atoms with van der Waals surface area (Å²) in [5.74, 6) is -0.401. The number of hydrogen-bond donors (Lipinski definition) is 0. The molecular formula is C14H17BrFNO2. The summed E-state index contributed by atoms with van der Waals surface area (Å²) in [4.78, 5) is 14.1. The van der Waals surface area contributed by atoms with Gasteiger partial charge in [0.25, 0.3) is 5.91 Å². The Labute approximate surface area is 120 Å². The monoisotopic (exact) mass is 329 g/mol. The van der Waals surface area contributed by atoms with Crippen LogP contribution in [0.4, 0.5) is 4.39 Å². The maximum atomic E-state index is 13.2. The number of amides is 1. The van der Waals surface area contributed by atoms with E-state index in [1.54, 1.807) is 4.90 Å². The largest absolute Gasteiger partial charge is 0.378 e. The summed E-state index contributed by atoms with van der Waals surface area (Å²) in [6, 6.07) is 4.37. The number of benzene rings is 1. The van der Waals surface area contributed by atoms with E-state index in [2.05, 4.69) is 15.9 Å². The molecule has 5 heteroatoms. The van der Waals surface area contributed by atoms with Gasteiger partial charge in [-0.1, -0.05) is 0 Å². The first-order valence-electron chi connectivity index (χ1n) is 6.47. The SMILES string of the molecule is CCOC1CCN(C(=O)c2ccc(F)c(Br)c2)CC1. The number of rotatable bonds is 3. The number of carbonyl (C=O) groups excluding carboxylic acids is 1. The van der Waals surface area contributed by atoms with Crippen molar-refractivity contribution in [3.8, 4) is 0 Å². The molecule has 1 aliphatic rings. The van der Waals surface area contributed by atoms with Gasteiger partial charge in [0.1, 0.15) is 5.82 Å². The second-order valence-electron chi connectivity index (χ2n) is 4.58. The maximum absolute atomic E-state index is 13.2. The zero-order valence-corrected chi connectivity index (χ0v) is 12.5. The molecule has 0 saturated carbocycles. The van der Waals surface area contributed by atoms with Crippen molar-refractivity contribution in [2.45, 2.75) is 25.9 Å². The molecule has 0 radical (unpaired) electrons. The summed E-state index contributed by atoms with van der Waals surface area (Å²) in [6.45, 7) is 4.08. The van der Waals surface area contributed by atoms with E-state index < -0.39 is 0 Å². The number of piperidine rings is 1. The Balaban J connectivity index is 1.99. The third-order valence-electron chi connectivity index (χ3n) is 3.30. The predicted octanol–water partition coefficient (Wildman–Crippen LogP) is 3.23. The lowest BCUT2D eigenvalue weighted by Gasteiger charge is -2.31. The first-order chi connectivity index (χ1) is 9.11. The molecule has 0 atom stereocenters. The Morgan fingerprint density at radius 3 is 2.74 bits per heavy atom. The molecule has 1 aromatic carbocycles. The van der Waals surface area contributed by atoms with Gasteiger partial charge in [-0.3, -0.25) is 4.79 Å². The molecule has 0 aromatic heterocycles. The van der Waals surface area contributed by atoms with Crippen molar-refractivity contribution in [2.24, 2.45) is 0 Å². The van der Waals surface area contributed by atoms with E-state index in [1.165, 1.54) is 18.2 Å². The highest BCUT2D eigenvalue weighted by molar-refractivity contribution is 9.10. The third-order valence-corrected chi connectivity index (χ3v) is 3.91. The summed E-state index contributed by atoms with van der Waals surface area (Å²) in [6.07, 6.45) is 1.98. The standard InChI is InChI=1S/C14H17BrFNO2/c1-2-19-11-5-7-17(8-6-11)14(18)10-3-4-13(16)12(15)9-10/h3-4,9,11H,2,5-8H2,1H3. The molecule has 0 spiro atoms. The normalized spacial score (nSPS) is 16.7. The Morgan fingerprint density at radius 1 is 1.47 bits per heavy atom. The topological polar surface area (TPSA) is 29.5 Å². The highest BCUT2D eigenvalue weighted by Crippen LogP contribution is 2.20. The Morgan fingerprint density at radius 2 is 2.16 bits per heavy atom. The number of halogens is 2. The van der Waals surface area contributed by atoms with E-state index in [-0.39, 0.29) is 17.8 Å². The Bertz CT molecular complexity index is 459. The van der Waals surface area contributed by atoms with Crippen LogP contribution in [0, 0.1) is 5.82 Å². The number of likely N-dealkylation sites (tertiary alicyclic amines) is 1. The molecule has 1 heterocycles. The van der Waals surface area contributed by atoms with Crippen LogP contribution in [0.25, 0.3) is 0 Å². The second kappa shape index (κ2) is 6.48. The van der Waals surface area contributed by atoms with E-state index in [4.69, 9.17) is 4.74 Å². The molecule has 2 rings (SSSR count). The lowest BCUT2D eigenvalue weighted by molar-refractivity contribution is 0.0146. The highest BCUT2D eigenvalue weighted by Gasteiger charge is 2.24. The number of hydrogen-bond acceptors (Lipinski definition) is 2. The van der Waals surface area contributed by atoms with Crippen molar-refractivity contribution in [1.29, 1.82) is 0 Å². The van der Waals surface area contributed by atoms with Gasteiger partial charge in [-0.05, 0) is 53.9 Å². The summed E-state index contributed by atoms with van der Waals surface area (Å²) in [5.41, 5.74) is 0.517. The average molecular weight is 330 g/mol. The van der Waals surface area contributed by atoms with Crippen molar-refractivity contribution < 1.29 is 13.9 Å². The molecule has 1 aromatic rings. The van der Waals surface area contributed by atoms with Crippen LogP contribution in [0.5, 0.6) is 0 Å². The molecule has 0 aliphatic carbocycles. The average Bonchev–Trinajstić information content (AvgIpc) is 2.42. The van der Waals surface area contributed by atoms with E-state index >= 15 is 0 Å². The molecular weight excluding hydrogens is 313 g/mol. The molecule has 0 unspecified atom stereocenters. The quantitative estimate of drug-likeness (QED) is 0.852. The van der Waals surface area contributed by atoms with Crippen molar-refractivity contribution in [3.05, 3.63) is 34.1 Å². The van der Waals surface area contributed by atoms with Gasteiger partial charge in [-0.2, -0.15) is 0 Å². The fraction of sp³-hybridized carbons (Fsp3) is 0.500. The van der Waals surface area contributed by atoms with Gasteiger partial charge in [0.05, 0.1) is 10.6 Å². The minimum absolute atomic E-state index is 0.0457. The molecule has 0 N–H and O–H groups in total. The molecule has 1 fully saturated rings. The van der Waals surface area contributed by atoms with Gasteiger partial charge in [0, 0.05) is 25.3 Å². The minimum atomic E-state index is -0.355. The van der Waals surface area contributed by atoms with Gasteiger partial charge in [0.2, 0.25) is 0 Å². The molecule has 104 valence electrons. The van der Waals surface area contributed by atoms with Gasteiger partial charge >= 0.3 is 0 Å². The molecule has 19 heavy (non-hydrogen) atoms. The predicted molar refractivity (Wildman–Crippen MR) is 74.7 cm³/mol. The van der Waals surface area contributed by atoms with Crippen molar-refractivity contribution in [3.63, 3.8) is 0 Å². The van der Waals surface area contributed by atoms with Crippen molar-refractivity contribution >= 4 is 21.8 Å². The fourth-order valence-corrected chi connectivity index (χ4v) is 2.65. The van der Waals surface area contributed by atoms with E-state index in [9.17, 15) is 9.18 Å². The number of ether oxygens (including phenoxy) is 1. The van der Waals surface area contributed by atoms with Gasteiger partial charge < -0.3 is 9.64 Å². The van der Waals surface area contributed by atoms with Crippen LogP contribution in [-0.4, -0.2) is 36.6 Å². The lowest BCUT2D eigenvalue weighted by Crippen LogP contribution is -2.40. The van der Waals surface area contributed by atoms with Crippen molar-refractivity contribution in [1.82, 2.24) is 4.90 Å². The third kappa shape index (κ3) is 3.54. The van der Waals surface area contributed by atoms with E-state index in [0.29, 0.717) is 29.7 Å². The van der Waals surface area contributed by atoms with Crippen LogP contribution < -0.4 is 0 Å². The first kappa shape index (κ1) is 14.5. The smallest absolute Gasteiger partial charge is 0.253 e. The molecule has 1 amide bonds. The summed E-state index contributed by atoms with van der Waals surface area (Å²) in [5, 5.41) is 0. The summed E-state index contributed by atoms with van der Waals surface area (Å²) < 4.78 is 19.0. The van der Waals surface area contributed by atoms with Crippen LogP contribution in [0.15, 0.2) is 22.7 Å². The summed E-state index contributed by atoms with van der Waals surface area (Å²) >= 11 is 3.10. The number of nitrogens with zero attached hydrogens (tertiary/aromatic N) is 1. The molecule has 0 bridgehead atoms. The first-order valence-corrected chi connectivity index (χ1v) is 7.27. The summed E-state index contributed by atoms with van der Waals surface area (Å²) in [7, 11) is 0. The second-order valence-corrected chi connectivity index (χ2v) is 5.43. The van der Waals surface area contributed by atoms with Crippen LogP contribution in [0.1, 0.15) is 30.1 Å². The van der Waals surface area contributed by atoms with Crippen LogP contribution >= 0.6 is 15.9 Å².